The van der Waals surface area contributed by atoms with Gasteiger partial charge in [-0.15, -0.1) is 0 Å². The van der Waals surface area contributed by atoms with Gasteiger partial charge in [-0.3, -0.25) is 4.79 Å². The molecule has 6 heteroatoms. The van der Waals surface area contributed by atoms with Gasteiger partial charge in [-0.05, 0) is 5.92 Å². The Morgan fingerprint density at radius 3 is 2.61 bits per heavy atom. The second-order valence-corrected chi connectivity index (χ2v) is 5.65. The highest BCUT2D eigenvalue weighted by molar-refractivity contribution is 5.80. The van der Waals surface area contributed by atoms with Crippen LogP contribution in [0.25, 0.3) is 0 Å². The van der Waals surface area contributed by atoms with E-state index in [1.807, 2.05) is 4.90 Å². The first-order valence-corrected chi connectivity index (χ1v) is 6.55. The first kappa shape index (κ1) is 13.1. The molecule has 2 fully saturated rings. The Bertz CT molecular complexity index is 339. The molecule has 3 N–H and O–H groups in total. The number of hydrogen-bond acceptors (Lipinski definition) is 3. The normalized spacial score (nSPS) is 24.7. The number of hydrogen-bond donors (Lipinski definition) is 2. The molecule has 0 aromatic heterocycles. The minimum atomic E-state index is -0.0404. The Hall–Kier alpha value is -1.30. The topological polar surface area (TPSA) is 78.7 Å². The summed E-state index contributed by atoms with van der Waals surface area (Å²) in [7, 11) is 0. The molecule has 0 aromatic rings. The first-order valence-electron chi connectivity index (χ1n) is 6.55. The zero-order valence-corrected chi connectivity index (χ0v) is 11.1. The molecule has 2 aliphatic heterocycles. The van der Waals surface area contributed by atoms with Gasteiger partial charge in [-0.1, -0.05) is 13.8 Å². The quantitative estimate of drug-likeness (QED) is 0.719. The van der Waals surface area contributed by atoms with Crippen molar-refractivity contribution in [3.63, 3.8) is 0 Å². The standard InChI is InChI=1S/C12H22N4O2/c1-8(2)4-14-12(18)15-6-10(7-15)16-5-9(13)3-11(16)17/h8-10H,3-7,13H2,1-2H3,(H,14,18). The predicted octanol–water partition coefficient (Wildman–Crippen LogP) is -0.404. The van der Waals surface area contributed by atoms with Gasteiger partial charge in [0.2, 0.25) is 5.91 Å². The highest BCUT2D eigenvalue weighted by atomic mass is 16.2. The molecule has 0 bridgehead atoms. The Morgan fingerprint density at radius 1 is 1.44 bits per heavy atom. The fourth-order valence-corrected chi connectivity index (χ4v) is 2.33. The van der Waals surface area contributed by atoms with E-state index in [0.717, 1.165) is 0 Å². The molecule has 1 unspecified atom stereocenters. The number of nitrogens with two attached hydrogens (primary N) is 1. The van der Waals surface area contributed by atoms with Crippen molar-refractivity contribution in [2.75, 3.05) is 26.2 Å². The van der Waals surface area contributed by atoms with Crippen LogP contribution in [0.1, 0.15) is 20.3 Å². The lowest BCUT2D eigenvalue weighted by Crippen LogP contribution is -2.63. The Kier molecular flexibility index (Phi) is 3.75. The van der Waals surface area contributed by atoms with Crippen LogP contribution in [0, 0.1) is 5.92 Å². The third-order valence-electron chi connectivity index (χ3n) is 3.44. The van der Waals surface area contributed by atoms with Crippen LogP contribution >= 0.6 is 0 Å². The Labute approximate surface area is 107 Å². The molecule has 2 saturated heterocycles. The number of likely N-dealkylation sites (tertiary alicyclic amines) is 2. The molecule has 0 radical (unpaired) electrons. The number of rotatable bonds is 3. The lowest BCUT2D eigenvalue weighted by Gasteiger charge is -2.43. The molecule has 3 amide bonds. The molecule has 0 aromatic carbocycles. The van der Waals surface area contributed by atoms with Crippen molar-refractivity contribution in [3.8, 4) is 0 Å². The van der Waals surface area contributed by atoms with Crippen molar-refractivity contribution in [1.82, 2.24) is 15.1 Å². The van der Waals surface area contributed by atoms with Crippen molar-refractivity contribution in [2.45, 2.75) is 32.4 Å². The van der Waals surface area contributed by atoms with E-state index >= 15 is 0 Å². The third-order valence-corrected chi connectivity index (χ3v) is 3.44. The summed E-state index contributed by atoms with van der Waals surface area (Å²) in [5.74, 6) is 0.568. The van der Waals surface area contributed by atoms with E-state index in [1.54, 1.807) is 4.90 Å². The predicted molar refractivity (Wildman–Crippen MR) is 67.9 cm³/mol. The minimum absolute atomic E-state index is 0.0316. The highest BCUT2D eigenvalue weighted by Crippen LogP contribution is 2.20. The van der Waals surface area contributed by atoms with Crippen LogP contribution in [0.3, 0.4) is 0 Å². The molecule has 2 aliphatic rings. The maximum absolute atomic E-state index is 11.7. The molecule has 0 spiro atoms. The molecule has 0 aliphatic carbocycles. The maximum Gasteiger partial charge on any atom is 0.317 e. The van der Waals surface area contributed by atoms with E-state index in [9.17, 15) is 9.59 Å². The summed E-state index contributed by atoms with van der Waals surface area (Å²) in [4.78, 5) is 26.9. The van der Waals surface area contributed by atoms with Crippen LogP contribution in [0.15, 0.2) is 0 Å². The van der Waals surface area contributed by atoms with Gasteiger partial charge in [0, 0.05) is 38.6 Å². The maximum atomic E-state index is 11.7. The smallest absolute Gasteiger partial charge is 0.317 e. The fourth-order valence-electron chi connectivity index (χ4n) is 2.33. The molecule has 2 heterocycles. The molecule has 102 valence electrons. The molecular weight excluding hydrogens is 232 g/mol. The van der Waals surface area contributed by atoms with Gasteiger partial charge >= 0.3 is 6.03 Å². The minimum Gasteiger partial charge on any atom is -0.338 e. The highest BCUT2D eigenvalue weighted by Gasteiger charge is 2.40. The van der Waals surface area contributed by atoms with Gasteiger partial charge in [0.15, 0.2) is 0 Å². The van der Waals surface area contributed by atoms with Gasteiger partial charge in [-0.25, -0.2) is 4.79 Å². The average Bonchev–Trinajstić information content (AvgIpc) is 2.53. The monoisotopic (exact) mass is 254 g/mol. The Balaban J connectivity index is 1.73. The van der Waals surface area contributed by atoms with Gasteiger partial charge in [0.25, 0.3) is 0 Å². The second kappa shape index (κ2) is 5.14. The average molecular weight is 254 g/mol. The summed E-state index contributed by atoms with van der Waals surface area (Å²) < 4.78 is 0. The molecule has 2 rings (SSSR count). The number of nitrogens with one attached hydrogen (secondary N) is 1. The van der Waals surface area contributed by atoms with E-state index in [0.29, 0.717) is 38.5 Å². The molecule has 6 nitrogen and oxygen atoms in total. The number of carbonyl (C=O) groups excluding carboxylic acids is 2. The second-order valence-electron chi connectivity index (χ2n) is 5.65. The van der Waals surface area contributed by atoms with Gasteiger partial charge in [-0.2, -0.15) is 0 Å². The van der Waals surface area contributed by atoms with Crippen LogP contribution in [-0.2, 0) is 4.79 Å². The molecule has 18 heavy (non-hydrogen) atoms. The summed E-state index contributed by atoms with van der Waals surface area (Å²) in [6.07, 6.45) is 0.441. The molecular formula is C12H22N4O2. The molecule has 0 saturated carbocycles. The van der Waals surface area contributed by atoms with Gasteiger partial charge < -0.3 is 20.9 Å². The van der Waals surface area contributed by atoms with Crippen LogP contribution in [0.5, 0.6) is 0 Å². The number of amides is 3. The summed E-state index contributed by atoms with van der Waals surface area (Å²) >= 11 is 0. The van der Waals surface area contributed by atoms with Crippen molar-refractivity contribution >= 4 is 11.9 Å². The SMILES string of the molecule is CC(C)CNC(=O)N1CC(N2CC(N)CC2=O)C1. The zero-order chi connectivity index (χ0) is 13.3. The van der Waals surface area contributed by atoms with Crippen LogP contribution < -0.4 is 11.1 Å². The first-order chi connectivity index (χ1) is 8.47. The van der Waals surface area contributed by atoms with Crippen LogP contribution in [0.2, 0.25) is 0 Å². The number of urea groups is 1. The van der Waals surface area contributed by atoms with Crippen molar-refractivity contribution in [2.24, 2.45) is 11.7 Å². The van der Waals surface area contributed by atoms with E-state index < -0.39 is 0 Å². The third kappa shape index (κ3) is 2.75. The van der Waals surface area contributed by atoms with E-state index in [-0.39, 0.29) is 24.0 Å². The van der Waals surface area contributed by atoms with Crippen LogP contribution in [0.4, 0.5) is 4.79 Å². The van der Waals surface area contributed by atoms with E-state index in [4.69, 9.17) is 5.73 Å². The number of nitrogens with zero attached hydrogens (tertiary/aromatic N) is 2. The lowest BCUT2D eigenvalue weighted by molar-refractivity contribution is -0.132. The van der Waals surface area contributed by atoms with Gasteiger partial charge in [0.1, 0.15) is 0 Å². The lowest BCUT2D eigenvalue weighted by atomic mass is 10.1. The number of carbonyl (C=O) groups is 2. The van der Waals surface area contributed by atoms with Crippen molar-refractivity contribution < 1.29 is 9.59 Å². The van der Waals surface area contributed by atoms with Crippen LogP contribution in [-0.4, -0.2) is 60.0 Å². The summed E-state index contributed by atoms with van der Waals surface area (Å²) in [6, 6.07) is 0.0908. The molecule has 1 atom stereocenters. The summed E-state index contributed by atoms with van der Waals surface area (Å²) in [5, 5.41) is 2.87. The summed E-state index contributed by atoms with van der Waals surface area (Å²) in [6.45, 7) is 6.69. The van der Waals surface area contributed by atoms with Crippen molar-refractivity contribution in [3.05, 3.63) is 0 Å². The van der Waals surface area contributed by atoms with E-state index in [2.05, 4.69) is 19.2 Å². The Morgan fingerprint density at radius 2 is 2.11 bits per heavy atom. The zero-order valence-electron chi connectivity index (χ0n) is 11.1. The largest absolute Gasteiger partial charge is 0.338 e. The van der Waals surface area contributed by atoms with E-state index in [1.165, 1.54) is 0 Å². The van der Waals surface area contributed by atoms with Crippen molar-refractivity contribution in [1.29, 1.82) is 0 Å². The van der Waals surface area contributed by atoms with Gasteiger partial charge in [0.05, 0.1) is 6.04 Å². The summed E-state index contributed by atoms with van der Waals surface area (Å²) in [5.41, 5.74) is 5.75. The fraction of sp³-hybridized carbons (Fsp3) is 0.833.